The molecule has 0 aliphatic carbocycles. The molecule has 14 heavy (non-hydrogen) atoms. The molecule has 0 aromatic carbocycles. The molecular formula is C11H12N2O. The smallest absolute Gasteiger partial charge is 0.255 e. The number of carbonyl (C=O) groups excluding carboxylic acids is 1. The minimum Gasteiger partial charge on any atom is -0.341 e. The van der Waals surface area contributed by atoms with Crippen LogP contribution in [0.1, 0.15) is 21.6 Å². The molecule has 0 unspecified atom stereocenters. The van der Waals surface area contributed by atoms with E-state index >= 15 is 0 Å². The van der Waals surface area contributed by atoms with Gasteiger partial charge in [0.1, 0.15) is 0 Å². The summed E-state index contributed by atoms with van der Waals surface area (Å²) < 4.78 is 0. The summed E-state index contributed by atoms with van der Waals surface area (Å²) in [6, 6.07) is 1.85. The molecule has 1 aliphatic heterocycles. The van der Waals surface area contributed by atoms with Crippen molar-refractivity contribution < 1.29 is 4.79 Å². The van der Waals surface area contributed by atoms with E-state index in [1.165, 1.54) is 0 Å². The number of carbonyl (C=O) groups is 1. The van der Waals surface area contributed by atoms with Crippen LogP contribution in [0.4, 0.5) is 0 Å². The van der Waals surface area contributed by atoms with Crippen LogP contribution >= 0.6 is 0 Å². The SMILES string of the molecule is C=Cc1cnc2c(c1)C(=O)N(C)CC2. The molecule has 3 nitrogen and oxygen atoms in total. The van der Waals surface area contributed by atoms with Crippen LogP contribution in [0.5, 0.6) is 0 Å². The van der Waals surface area contributed by atoms with Crippen LogP contribution in [-0.2, 0) is 6.42 Å². The second-order valence-electron chi connectivity index (χ2n) is 3.44. The van der Waals surface area contributed by atoms with E-state index in [0.717, 1.165) is 29.8 Å². The number of aromatic nitrogens is 1. The summed E-state index contributed by atoms with van der Waals surface area (Å²) in [6.45, 7) is 4.42. The first-order chi connectivity index (χ1) is 6.72. The zero-order valence-electron chi connectivity index (χ0n) is 8.16. The summed E-state index contributed by atoms with van der Waals surface area (Å²) in [7, 11) is 1.81. The van der Waals surface area contributed by atoms with Gasteiger partial charge in [-0.2, -0.15) is 0 Å². The Bertz CT molecular complexity index is 398. The fourth-order valence-corrected chi connectivity index (χ4v) is 1.59. The predicted molar refractivity (Wildman–Crippen MR) is 55.0 cm³/mol. The molecule has 1 aromatic heterocycles. The average Bonchev–Trinajstić information content (AvgIpc) is 2.23. The van der Waals surface area contributed by atoms with Crippen molar-refractivity contribution >= 4 is 12.0 Å². The highest BCUT2D eigenvalue weighted by molar-refractivity contribution is 5.96. The Kier molecular flexibility index (Phi) is 2.08. The van der Waals surface area contributed by atoms with Crippen molar-refractivity contribution in [2.45, 2.75) is 6.42 Å². The Labute approximate surface area is 83.1 Å². The fourth-order valence-electron chi connectivity index (χ4n) is 1.59. The van der Waals surface area contributed by atoms with Gasteiger partial charge in [-0.1, -0.05) is 12.7 Å². The van der Waals surface area contributed by atoms with E-state index in [1.54, 1.807) is 17.2 Å². The van der Waals surface area contributed by atoms with Crippen LogP contribution in [0.2, 0.25) is 0 Å². The van der Waals surface area contributed by atoms with Gasteiger partial charge in [-0.05, 0) is 11.6 Å². The standard InChI is InChI=1S/C11H12N2O/c1-3-8-6-9-10(12-7-8)4-5-13(2)11(9)14/h3,6-7H,1,4-5H2,2H3. The van der Waals surface area contributed by atoms with E-state index in [0.29, 0.717) is 0 Å². The molecular weight excluding hydrogens is 176 g/mol. The van der Waals surface area contributed by atoms with Gasteiger partial charge in [0.05, 0.1) is 11.3 Å². The summed E-state index contributed by atoms with van der Waals surface area (Å²) in [4.78, 5) is 17.7. The molecule has 1 amide bonds. The van der Waals surface area contributed by atoms with Gasteiger partial charge in [-0.3, -0.25) is 9.78 Å². The lowest BCUT2D eigenvalue weighted by Gasteiger charge is -2.23. The summed E-state index contributed by atoms with van der Waals surface area (Å²) in [5, 5.41) is 0. The highest BCUT2D eigenvalue weighted by Gasteiger charge is 2.22. The number of hydrogen-bond acceptors (Lipinski definition) is 2. The van der Waals surface area contributed by atoms with E-state index in [9.17, 15) is 4.79 Å². The van der Waals surface area contributed by atoms with Gasteiger partial charge in [-0.25, -0.2) is 0 Å². The van der Waals surface area contributed by atoms with Crippen molar-refractivity contribution in [1.29, 1.82) is 0 Å². The van der Waals surface area contributed by atoms with Crippen molar-refractivity contribution in [2.75, 3.05) is 13.6 Å². The molecule has 2 rings (SSSR count). The maximum Gasteiger partial charge on any atom is 0.255 e. The topological polar surface area (TPSA) is 33.2 Å². The largest absolute Gasteiger partial charge is 0.341 e. The van der Waals surface area contributed by atoms with E-state index in [-0.39, 0.29) is 5.91 Å². The predicted octanol–water partition coefficient (Wildman–Crippen LogP) is 1.35. The normalized spacial score (nSPS) is 15.2. The molecule has 0 atom stereocenters. The van der Waals surface area contributed by atoms with Gasteiger partial charge in [0.2, 0.25) is 0 Å². The number of nitrogens with zero attached hydrogens (tertiary/aromatic N) is 2. The van der Waals surface area contributed by atoms with Crippen molar-refractivity contribution in [3.05, 3.63) is 35.7 Å². The molecule has 0 bridgehead atoms. The molecule has 0 N–H and O–H groups in total. The Balaban J connectivity index is 2.51. The van der Waals surface area contributed by atoms with Crippen LogP contribution in [-0.4, -0.2) is 29.4 Å². The van der Waals surface area contributed by atoms with E-state index in [1.807, 2.05) is 13.1 Å². The molecule has 2 heterocycles. The highest BCUT2D eigenvalue weighted by atomic mass is 16.2. The Morgan fingerprint density at radius 1 is 1.64 bits per heavy atom. The first-order valence-corrected chi connectivity index (χ1v) is 4.59. The summed E-state index contributed by atoms with van der Waals surface area (Å²) in [5.41, 5.74) is 2.52. The second kappa shape index (κ2) is 3.25. The van der Waals surface area contributed by atoms with Crippen LogP contribution in [0.25, 0.3) is 6.08 Å². The van der Waals surface area contributed by atoms with Crippen molar-refractivity contribution in [3.8, 4) is 0 Å². The third-order valence-corrected chi connectivity index (χ3v) is 2.49. The molecule has 0 saturated heterocycles. The summed E-state index contributed by atoms with van der Waals surface area (Å²) in [6.07, 6.45) is 4.30. The fraction of sp³-hybridized carbons (Fsp3) is 0.273. The number of amides is 1. The maximum atomic E-state index is 11.7. The Morgan fingerprint density at radius 2 is 2.43 bits per heavy atom. The third-order valence-electron chi connectivity index (χ3n) is 2.49. The van der Waals surface area contributed by atoms with Crippen molar-refractivity contribution in [2.24, 2.45) is 0 Å². The molecule has 72 valence electrons. The lowest BCUT2D eigenvalue weighted by Crippen LogP contribution is -2.34. The van der Waals surface area contributed by atoms with Crippen LogP contribution < -0.4 is 0 Å². The minimum absolute atomic E-state index is 0.0578. The molecule has 0 radical (unpaired) electrons. The van der Waals surface area contributed by atoms with Crippen molar-refractivity contribution in [1.82, 2.24) is 9.88 Å². The number of pyridine rings is 1. The first-order valence-electron chi connectivity index (χ1n) is 4.59. The zero-order chi connectivity index (χ0) is 10.1. The average molecular weight is 188 g/mol. The van der Waals surface area contributed by atoms with Crippen LogP contribution in [0.15, 0.2) is 18.8 Å². The van der Waals surface area contributed by atoms with Gasteiger partial charge in [0.25, 0.3) is 5.91 Å². The van der Waals surface area contributed by atoms with Gasteiger partial charge < -0.3 is 4.90 Å². The van der Waals surface area contributed by atoms with Gasteiger partial charge in [0.15, 0.2) is 0 Å². The lowest BCUT2D eigenvalue weighted by atomic mass is 10.0. The molecule has 0 fully saturated rings. The number of rotatable bonds is 1. The molecule has 0 saturated carbocycles. The number of fused-ring (bicyclic) bond motifs is 1. The molecule has 1 aromatic rings. The van der Waals surface area contributed by atoms with E-state index in [2.05, 4.69) is 11.6 Å². The number of hydrogen-bond donors (Lipinski definition) is 0. The highest BCUT2D eigenvalue weighted by Crippen LogP contribution is 2.17. The first kappa shape index (κ1) is 8.94. The lowest BCUT2D eigenvalue weighted by molar-refractivity contribution is 0.0779. The monoisotopic (exact) mass is 188 g/mol. The minimum atomic E-state index is 0.0578. The number of likely N-dealkylation sites (N-methyl/N-ethyl adjacent to an activating group) is 1. The van der Waals surface area contributed by atoms with Crippen molar-refractivity contribution in [3.63, 3.8) is 0 Å². The molecule has 0 spiro atoms. The summed E-state index contributed by atoms with van der Waals surface area (Å²) >= 11 is 0. The van der Waals surface area contributed by atoms with Gasteiger partial charge in [0, 0.05) is 26.2 Å². The van der Waals surface area contributed by atoms with E-state index < -0.39 is 0 Å². The third kappa shape index (κ3) is 1.31. The zero-order valence-corrected chi connectivity index (χ0v) is 8.16. The second-order valence-corrected chi connectivity index (χ2v) is 3.44. The van der Waals surface area contributed by atoms with E-state index in [4.69, 9.17) is 0 Å². The van der Waals surface area contributed by atoms with Gasteiger partial charge >= 0.3 is 0 Å². The molecule has 1 aliphatic rings. The Morgan fingerprint density at radius 3 is 3.14 bits per heavy atom. The molecule has 3 heteroatoms. The van der Waals surface area contributed by atoms with Crippen LogP contribution in [0, 0.1) is 0 Å². The summed E-state index contributed by atoms with van der Waals surface area (Å²) in [5.74, 6) is 0.0578. The maximum absolute atomic E-state index is 11.7. The quantitative estimate of drug-likeness (QED) is 0.666. The Hall–Kier alpha value is -1.64. The van der Waals surface area contributed by atoms with Crippen LogP contribution in [0.3, 0.4) is 0 Å². The van der Waals surface area contributed by atoms with Gasteiger partial charge in [-0.15, -0.1) is 0 Å².